The van der Waals surface area contributed by atoms with Crippen molar-refractivity contribution in [3.05, 3.63) is 58.9 Å². The number of hydrogen-bond donors (Lipinski definition) is 1. The van der Waals surface area contributed by atoms with Crippen molar-refractivity contribution in [3.8, 4) is 0 Å². The van der Waals surface area contributed by atoms with Gasteiger partial charge in [-0.1, -0.05) is 35.4 Å². The Morgan fingerprint density at radius 2 is 1.96 bits per heavy atom. The average molecular weight is 365 g/mol. The van der Waals surface area contributed by atoms with Crippen LogP contribution in [0, 0.1) is 6.92 Å². The second kappa shape index (κ2) is 6.78. The maximum atomic E-state index is 12.5. The predicted octanol–water partition coefficient (Wildman–Crippen LogP) is 2.19. The van der Waals surface area contributed by atoms with E-state index in [1.807, 2.05) is 17.9 Å². The van der Waals surface area contributed by atoms with Gasteiger partial charge in [-0.3, -0.25) is 4.99 Å². The van der Waals surface area contributed by atoms with Gasteiger partial charge in [0.25, 0.3) is 10.0 Å². The van der Waals surface area contributed by atoms with Gasteiger partial charge in [-0.2, -0.15) is 0 Å². The van der Waals surface area contributed by atoms with Gasteiger partial charge >= 0.3 is 0 Å². The number of aromatic nitrogens is 1. The first-order chi connectivity index (χ1) is 11.4. The third-order valence-electron chi connectivity index (χ3n) is 3.65. The molecule has 0 fully saturated rings. The molecule has 1 aliphatic rings. The molecule has 0 aliphatic carbocycles. The van der Waals surface area contributed by atoms with Crippen LogP contribution in [0.1, 0.15) is 11.1 Å². The lowest BCUT2D eigenvalue weighted by atomic mass is 10.2. The minimum atomic E-state index is -3.65. The van der Waals surface area contributed by atoms with Gasteiger partial charge in [0.1, 0.15) is 5.15 Å². The number of guanidine groups is 1. The van der Waals surface area contributed by atoms with Crippen molar-refractivity contribution in [2.45, 2.75) is 18.4 Å². The summed E-state index contributed by atoms with van der Waals surface area (Å²) in [5, 5.41) is 0.425. The fraction of sp³-hybridized carbons (Fsp3) is 0.250. The molecule has 8 heteroatoms. The van der Waals surface area contributed by atoms with E-state index in [1.54, 1.807) is 36.5 Å². The second-order valence-electron chi connectivity index (χ2n) is 5.53. The van der Waals surface area contributed by atoms with Crippen molar-refractivity contribution in [1.82, 2.24) is 14.6 Å². The Kier molecular flexibility index (Phi) is 4.73. The highest BCUT2D eigenvalue weighted by molar-refractivity contribution is 7.90. The molecule has 0 atom stereocenters. The number of nitrogens with one attached hydrogen (secondary N) is 1. The average Bonchev–Trinajstić information content (AvgIpc) is 2.96. The molecule has 0 saturated heterocycles. The number of rotatable bonds is 4. The number of pyridine rings is 1. The largest absolute Gasteiger partial charge is 0.336 e. The Labute approximate surface area is 146 Å². The van der Waals surface area contributed by atoms with E-state index in [-0.39, 0.29) is 4.90 Å². The van der Waals surface area contributed by atoms with Crippen LogP contribution in [0.2, 0.25) is 5.15 Å². The van der Waals surface area contributed by atoms with Crippen LogP contribution in [0.4, 0.5) is 0 Å². The Bertz CT molecular complexity index is 849. The monoisotopic (exact) mass is 364 g/mol. The van der Waals surface area contributed by atoms with Crippen LogP contribution in [0.5, 0.6) is 0 Å². The van der Waals surface area contributed by atoms with Crippen molar-refractivity contribution in [1.29, 1.82) is 0 Å². The van der Waals surface area contributed by atoms with E-state index >= 15 is 0 Å². The lowest BCUT2D eigenvalue weighted by Gasteiger charge is -2.21. The van der Waals surface area contributed by atoms with Crippen LogP contribution < -0.4 is 4.72 Å². The second-order valence-corrected chi connectivity index (χ2v) is 7.60. The molecule has 0 saturated carbocycles. The molecule has 0 unspecified atom stereocenters. The molecule has 0 spiro atoms. The first-order valence-electron chi connectivity index (χ1n) is 7.43. The van der Waals surface area contributed by atoms with Crippen molar-refractivity contribution < 1.29 is 8.42 Å². The molecule has 1 aromatic heterocycles. The van der Waals surface area contributed by atoms with E-state index in [0.717, 1.165) is 11.1 Å². The van der Waals surface area contributed by atoms with Crippen molar-refractivity contribution in [2.75, 3.05) is 13.1 Å². The standard InChI is InChI=1S/C16H17ClN4O2S/c1-12-2-5-14(6-3-12)24(22,23)20-16-18-8-9-21(16)11-13-4-7-15(17)19-10-13/h2-7,10H,8-9,11H2,1H3,(H,18,20). The van der Waals surface area contributed by atoms with Gasteiger partial charge in [-0.15, -0.1) is 0 Å². The lowest BCUT2D eigenvalue weighted by Crippen LogP contribution is -2.41. The first kappa shape index (κ1) is 16.7. The maximum absolute atomic E-state index is 12.5. The summed E-state index contributed by atoms with van der Waals surface area (Å²) in [6, 6.07) is 10.3. The number of halogens is 1. The summed E-state index contributed by atoms with van der Waals surface area (Å²) in [5.41, 5.74) is 1.94. The summed E-state index contributed by atoms with van der Waals surface area (Å²) in [5.74, 6) is 0.352. The molecular weight excluding hydrogens is 348 g/mol. The summed E-state index contributed by atoms with van der Waals surface area (Å²) in [7, 11) is -3.65. The third kappa shape index (κ3) is 3.85. The fourth-order valence-corrected chi connectivity index (χ4v) is 3.51. The number of hydrogen-bond acceptors (Lipinski definition) is 5. The first-order valence-corrected chi connectivity index (χ1v) is 9.29. The molecule has 1 aliphatic heterocycles. The molecule has 1 aromatic carbocycles. The molecule has 3 rings (SSSR count). The van der Waals surface area contributed by atoms with E-state index < -0.39 is 10.0 Å². The SMILES string of the molecule is Cc1ccc(S(=O)(=O)NC2=NCCN2Cc2ccc(Cl)nc2)cc1. The molecule has 2 aromatic rings. The van der Waals surface area contributed by atoms with Crippen LogP contribution in [0.25, 0.3) is 0 Å². The van der Waals surface area contributed by atoms with Crippen LogP contribution in [0.15, 0.2) is 52.5 Å². The van der Waals surface area contributed by atoms with Crippen LogP contribution in [0.3, 0.4) is 0 Å². The van der Waals surface area contributed by atoms with Crippen LogP contribution in [-0.2, 0) is 16.6 Å². The zero-order valence-electron chi connectivity index (χ0n) is 13.1. The van der Waals surface area contributed by atoms with Gasteiger partial charge in [0.05, 0.1) is 11.4 Å². The number of nitrogens with zero attached hydrogens (tertiary/aromatic N) is 3. The summed E-state index contributed by atoms with van der Waals surface area (Å²) >= 11 is 5.78. The zero-order chi connectivity index (χ0) is 17.2. The van der Waals surface area contributed by atoms with Crippen LogP contribution in [-0.4, -0.2) is 37.4 Å². The number of aliphatic imine (C=N–C) groups is 1. The topological polar surface area (TPSA) is 74.7 Å². The van der Waals surface area contributed by atoms with E-state index in [2.05, 4.69) is 14.7 Å². The summed E-state index contributed by atoms with van der Waals surface area (Å²) in [6.07, 6.45) is 1.67. The third-order valence-corrected chi connectivity index (χ3v) is 5.22. The quantitative estimate of drug-likeness (QED) is 0.844. The van der Waals surface area contributed by atoms with E-state index in [4.69, 9.17) is 11.6 Å². The smallest absolute Gasteiger partial charge is 0.264 e. The van der Waals surface area contributed by atoms with Gasteiger partial charge in [0.15, 0.2) is 0 Å². The molecule has 24 heavy (non-hydrogen) atoms. The summed E-state index contributed by atoms with van der Waals surface area (Å²) < 4.78 is 27.6. The van der Waals surface area contributed by atoms with Gasteiger partial charge in [0.2, 0.25) is 5.96 Å². The molecule has 2 heterocycles. The van der Waals surface area contributed by atoms with Gasteiger partial charge < -0.3 is 4.90 Å². The van der Waals surface area contributed by atoms with E-state index in [0.29, 0.717) is 30.7 Å². The molecule has 6 nitrogen and oxygen atoms in total. The van der Waals surface area contributed by atoms with Gasteiger partial charge in [-0.05, 0) is 30.7 Å². The number of benzene rings is 1. The van der Waals surface area contributed by atoms with Gasteiger partial charge in [-0.25, -0.2) is 18.1 Å². The summed E-state index contributed by atoms with van der Waals surface area (Å²) in [6.45, 7) is 3.62. The zero-order valence-corrected chi connectivity index (χ0v) is 14.7. The summed E-state index contributed by atoms with van der Waals surface area (Å²) in [4.78, 5) is 10.4. The maximum Gasteiger partial charge on any atom is 0.264 e. The Balaban J connectivity index is 1.73. The van der Waals surface area contributed by atoms with E-state index in [1.165, 1.54) is 0 Å². The minimum absolute atomic E-state index is 0.218. The molecule has 1 N–H and O–H groups in total. The normalized spacial score (nSPS) is 14.6. The highest BCUT2D eigenvalue weighted by Crippen LogP contribution is 2.14. The van der Waals surface area contributed by atoms with Crippen LogP contribution >= 0.6 is 11.6 Å². The molecule has 0 bridgehead atoms. The predicted molar refractivity (Wildman–Crippen MR) is 93.5 cm³/mol. The minimum Gasteiger partial charge on any atom is -0.336 e. The fourth-order valence-electron chi connectivity index (χ4n) is 2.35. The molecule has 126 valence electrons. The Hall–Kier alpha value is -2.12. The highest BCUT2D eigenvalue weighted by atomic mass is 35.5. The molecule has 0 amide bonds. The molecular formula is C16H17ClN4O2S. The Morgan fingerprint density at radius 3 is 2.62 bits per heavy atom. The van der Waals surface area contributed by atoms with Crippen molar-refractivity contribution in [3.63, 3.8) is 0 Å². The Morgan fingerprint density at radius 1 is 1.21 bits per heavy atom. The number of sulfonamides is 1. The molecule has 0 radical (unpaired) electrons. The van der Waals surface area contributed by atoms with Crippen molar-refractivity contribution in [2.24, 2.45) is 4.99 Å². The highest BCUT2D eigenvalue weighted by Gasteiger charge is 2.23. The lowest BCUT2D eigenvalue weighted by molar-refractivity contribution is 0.442. The van der Waals surface area contributed by atoms with E-state index in [9.17, 15) is 8.42 Å². The van der Waals surface area contributed by atoms with Crippen molar-refractivity contribution >= 4 is 27.6 Å². The van der Waals surface area contributed by atoms with Gasteiger partial charge in [0, 0.05) is 19.3 Å². The number of aryl methyl sites for hydroxylation is 1.